The van der Waals surface area contributed by atoms with Crippen molar-refractivity contribution < 1.29 is 0 Å². The minimum absolute atomic E-state index is 0.371. The summed E-state index contributed by atoms with van der Waals surface area (Å²) in [5.41, 5.74) is 1.85. The molecule has 1 saturated heterocycles. The second-order valence-electron chi connectivity index (χ2n) is 6.06. The minimum Gasteiger partial charge on any atom is -0.366 e. The van der Waals surface area contributed by atoms with Crippen LogP contribution in [0.15, 0.2) is 54.7 Å². The molecule has 1 aliphatic rings. The highest BCUT2D eigenvalue weighted by molar-refractivity contribution is 7.80. The van der Waals surface area contributed by atoms with Crippen LogP contribution in [0.1, 0.15) is 31.0 Å². The number of pyridine rings is 1. The number of hydrogen-bond acceptors (Lipinski definition) is 3. The van der Waals surface area contributed by atoms with Crippen LogP contribution in [0.3, 0.4) is 0 Å². The molecule has 0 saturated carbocycles. The van der Waals surface area contributed by atoms with Crippen LogP contribution in [0, 0.1) is 0 Å². The first-order valence-electron chi connectivity index (χ1n) is 8.25. The Hall–Kier alpha value is -1.78. The summed E-state index contributed by atoms with van der Waals surface area (Å²) in [5.74, 6) is 0. The third-order valence-electron chi connectivity index (χ3n) is 4.51. The number of rotatable bonds is 5. The summed E-state index contributed by atoms with van der Waals surface area (Å²) in [6, 6.07) is 16.6. The molecule has 0 aliphatic carbocycles. The molecule has 0 radical (unpaired) electrons. The van der Waals surface area contributed by atoms with Crippen molar-refractivity contribution in [3.63, 3.8) is 0 Å². The van der Waals surface area contributed by atoms with Gasteiger partial charge in [0.2, 0.25) is 0 Å². The second-order valence-corrected chi connectivity index (χ2v) is 6.46. The largest absolute Gasteiger partial charge is 0.366 e. The lowest BCUT2D eigenvalue weighted by atomic mass is 9.75. The second kappa shape index (κ2) is 7.20. The monoisotopic (exact) mass is 325 g/mol. The Morgan fingerprint density at radius 2 is 1.96 bits per heavy atom. The molecule has 1 atom stereocenters. The van der Waals surface area contributed by atoms with Crippen LogP contribution in [0.25, 0.3) is 0 Å². The number of nitrogens with zero attached hydrogens (tertiary/aromatic N) is 2. The molecule has 4 heteroatoms. The van der Waals surface area contributed by atoms with E-state index in [1.807, 2.05) is 24.4 Å². The molecule has 2 heterocycles. The Balaban J connectivity index is 2.05. The van der Waals surface area contributed by atoms with Gasteiger partial charge in [0, 0.05) is 12.7 Å². The highest BCUT2D eigenvalue weighted by Crippen LogP contribution is 2.35. The summed E-state index contributed by atoms with van der Waals surface area (Å²) in [6.07, 6.45) is 4.25. The quantitative estimate of drug-likeness (QED) is 0.853. The summed E-state index contributed by atoms with van der Waals surface area (Å²) >= 11 is 5.79. The average Bonchev–Trinajstić information content (AvgIpc) is 2.62. The fraction of sp³-hybridized carbons (Fsp3) is 0.368. The van der Waals surface area contributed by atoms with Gasteiger partial charge in [0.15, 0.2) is 0 Å². The summed E-state index contributed by atoms with van der Waals surface area (Å²) in [6.45, 7) is 5.00. The van der Waals surface area contributed by atoms with Gasteiger partial charge < -0.3 is 5.32 Å². The maximum atomic E-state index is 5.79. The van der Waals surface area contributed by atoms with Crippen molar-refractivity contribution in [2.75, 3.05) is 19.8 Å². The molecular formula is C19H23N3S. The van der Waals surface area contributed by atoms with Crippen LogP contribution < -0.4 is 5.32 Å². The maximum absolute atomic E-state index is 5.79. The van der Waals surface area contributed by atoms with E-state index in [-0.39, 0.29) is 5.41 Å². The number of benzene rings is 1. The first-order valence-corrected chi connectivity index (χ1v) is 8.66. The highest BCUT2D eigenvalue weighted by atomic mass is 32.1. The molecule has 1 fully saturated rings. The number of aromatic nitrogens is 1. The van der Waals surface area contributed by atoms with Crippen LogP contribution in [-0.2, 0) is 5.41 Å². The molecule has 0 spiro atoms. The van der Waals surface area contributed by atoms with E-state index in [1.165, 1.54) is 18.4 Å². The first kappa shape index (κ1) is 16.1. The molecule has 2 aromatic rings. The molecule has 1 aromatic carbocycles. The van der Waals surface area contributed by atoms with E-state index >= 15 is 0 Å². The van der Waals surface area contributed by atoms with Crippen molar-refractivity contribution in [3.8, 4) is 0 Å². The standard InChI is InChI=1S/C19H23N3S/c1-2-3-13-22-14-19(18(23)21-15-22,16-9-5-4-6-10-16)17-11-7-8-12-20-17/h4-12H,2-3,13-15H2,1H3,(H,21,23). The van der Waals surface area contributed by atoms with Gasteiger partial charge in [-0.25, -0.2) is 0 Å². The van der Waals surface area contributed by atoms with Gasteiger partial charge in [-0.2, -0.15) is 0 Å². The average molecular weight is 325 g/mol. The number of nitrogens with one attached hydrogen (secondary N) is 1. The van der Waals surface area contributed by atoms with Crippen LogP contribution in [0.4, 0.5) is 0 Å². The lowest BCUT2D eigenvalue weighted by Gasteiger charge is -2.44. The van der Waals surface area contributed by atoms with Crippen LogP contribution in [0.2, 0.25) is 0 Å². The molecule has 120 valence electrons. The third kappa shape index (κ3) is 3.14. The minimum atomic E-state index is -0.371. The zero-order chi connectivity index (χ0) is 16.1. The number of thiocarbonyl (C=S) groups is 1. The van der Waals surface area contributed by atoms with Crippen molar-refractivity contribution >= 4 is 17.2 Å². The Kier molecular flexibility index (Phi) is 5.03. The van der Waals surface area contributed by atoms with E-state index in [0.29, 0.717) is 0 Å². The van der Waals surface area contributed by atoms with E-state index in [0.717, 1.165) is 30.4 Å². The molecular weight excluding hydrogens is 302 g/mol. The summed E-state index contributed by atoms with van der Waals surface area (Å²) in [4.78, 5) is 7.98. The van der Waals surface area contributed by atoms with E-state index in [9.17, 15) is 0 Å². The Bertz CT molecular complexity index is 603. The van der Waals surface area contributed by atoms with Gasteiger partial charge in [-0.1, -0.05) is 62.0 Å². The van der Waals surface area contributed by atoms with Crippen LogP contribution in [-0.4, -0.2) is 34.6 Å². The van der Waals surface area contributed by atoms with E-state index in [4.69, 9.17) is 12.2 Å². The molecule has 3 rings (SSSR count). The topological polar surface area (TPSA) is 28.2 Å². The van der Waals surface area contributed by atoms with Crippen LogP contribution >= 0.6 is 12.2 Å². The summed E-state index contributed by atoms with van der Waals surface area (Å²) < 4.78 is 0. The van der Waals surface area contributed by atoms with Gasteiger partial charge in [-0.05, 0) is 30.7 Å². The van der Waals surface area contributed by atoms with Crippen molar-refractivity contribution in [1.29, 1.82) is 0 Å². The lowest BCUT2D eigenvalue weighted by Crippen LogP contribution is -2.60. The predicted octanol–water partition coefficient (Wildman–Crippen LogP) is 3.36. The van der Waals surface area contributed by atoms with Crippen LogP contribution in [0.5, 0.6) is 0 Å². The zero-order valence-electron chi connectivity index (χ0n) is 13.5. The van der Waals surface area contributed by atoms with Crippen molar-refractivity contribution in [2.24, 2.45) is 0 Å². The van der Waals surface area contributed by atoms with Gasteiger partial charge in [0.05, 0.1) is 17.4 Å². The fourth-order valence-corrected chi connectivity index (χ4v) is 3.59. The molecule has 1 N–H and O–H groups in total. The van der Waals surface area contributed by atoms with E-state index in [1.54, 1.807) is 0 Å². The zero-order valence-corrected chi connectivity index (χ0v) is 14.4. The van der Waals surface area contributed by atoms with Gasteiger partial charge in [0.25, 0.3) is 0 Å². The van der Waals surface area contributed by atoms with Crippen molar-refractivity contribution in [1.82, 2.24) is 15.2 Å². The van der Waals surface area contributed by atoms with Crippen molar-refractivity contribution in [2.45, 2.75) is 25.2 Å². The number of hydrogen-bond donors (Lipinski definition) is 1. The molecule has 0 amide bonds. The van der Waals surface area contributed by atoms with Gasteiger partial charge in [-0.15, -0.1) is 0 Å². The molecule has 0 bridgehead atoms. The predicted molar refractivity (Wildman–Crippen MR) is 98.5 cm³/mol. The maximum Gasteiger partial charge on any atom is 0.100 e. The molecule has 23 heavy (non-hydrogen) atoms. The summed E-state index contributed by atoms with van der Waals surface area (Å²) in [7, 11) is 0. The Labute approximate surface area is 143 Å². The number of unbranched alkanes of at least 4 members (excludes halogenated alkanes) is 1. The Morgan fingerprint density at radius 3 is 2.65 bits per heavy atom. The lowest BCUT2D eigenvalue weighted by molar-refractivity contribution is 0.218. The van der Waals surface area contributed by atoms with Gasteiger partial charge >= 0.3 is 0 Å². The van der Waals surface area contributed by atoms with Crippen molar-refractivity contribution in [3.05, 3.63) is 66.0 Å². The molecule has 3 nitrogen and oxygen atoms in total. The highest BCUT2D eigenvalue weighted by Gasteiger charge is 2.44. The van der Waals surface area contributed by atoms with Gasteiger partial charge in [-0.3, -0.25) is 9.88 Å². The molecule has 1 aliphatic heterocycles. The Morgan fingerprint density at radius 1 is 1.17 bits per heavy atom. The SMILES string of the molecule is CCCCN1CNC(=S)C(c2ccccc2)(c2ccccn2)C1. The van der Waals surface area contributed by atoms with E-state index < -0.39 is 0 Å². The molecule has 1 aromatic heterocycles. The smallest absolute Gasteiger partial charge is 0.100 e. The molecule has 1 unspecified atom stereocenters. The van der Waals surface area contributed by atoms with E-state index in [2.05, 4.69) is 52.5 Å². The summed E-state index contributed by atoms with van der Waals surface area (Å²) in [5, 5.41) is 3.45. The third-order valence-corrected chi connectivity index (χ3v) is 5.00. The fourth-order valence-electron chi connectivity index (χ4n) is 3.24. The normalized spacial score (nSPS) is 21.9. The first-order chi connectivity index (χ1) is 11.3. The van der Waals surface area contributed by atoms with Gasteiger partial charge in [0.1, 0.15) is 5.41 Å².